The van der Waals surface area contributed by atoms with E-state index in [9.17, 15) is 9.59 Å². The van der Waals surface area contributed by atoms with Gasteiger partial charge < -0.3 is 16.0 Å². The molecule has 1 unspecified atom stereocenters. The van der Waals surface area contributed by atoms with Gasteiger partial charge in [-0.2, -0.15) is 0 Å². The van der Waals surface area contributed by atoms with Crippen LogP contribution >= 0.6 is 0 Å². The highest BCUT2D eigenvalue weighted by Crippen LogP contribution is 2.31. The van der Waals surface area contributed by atoms with E-state index in [2.05, 4.69) is 22.9 Å². The third-order valence-electron chi connectivity index (χ3n) is 4.07. The molecule has 3 N–H and O–H groups in total. The van der Waals surface area contributed by atoms with Gasteiger partial charge in [-0.15, -0.1) is 0 Å². The molecule has 0 bridgehead atoms. The molecule has 2 rings (SSSR count). The number of rotatable bonds is 4. The van der Waals surface area contributed by atoms with E-state index in [4.69, 9.17) is 0 Å². The molecule has 1 fully saturated rings. The summed E-state index contributed by atoms with van der Waals surface area (Å²) in [6.45, 7) is 5.22. The van der Waals surface area contributed by atoms with Crippen LogP contribution in [-0.2, 0) is 9.59 Å². The monoisotopic (exact) mass is 289 g/mol. The van der Waals surface area contributed by atoms with E-state index in [0.29, 0.717) is 11.4 Å². The second-order valence-electron chi connectivity index (χ2n) is 5.63. The molecule has 114 valence electrons. The van der Waals surface area contributed by atoms with Crippen LogP contribution in [0.1, 0.15) is 33.1 Å². The zero-order valence-electron chi connectivity index (χ0n) is 12.7. The van der Waals surface area contributed by atoms with Gasteiger partial charge in [-0.1, -0.05) is 13.0 Å². The van der Waals surface area contributed by atoms with Crippen molar-refractivity contribution in [2.75, 3.05) is 23.7 Å². The Morgan fingerprint density at radius 2 is 2.00 bits per heavy atom. The molecule has 0 aromatic heterocycles. The van der Waals surface area contributed by atoms with Crippen LogP contribution < -0.4 is 16.0 Å². The molecular formula is C16H23N3O2. The molecule has 0 spiro atoms. The Morgan fingerprint density at radius 1 is 1.29 bits per heavy atom. The average Bonchev–Trinajstić information content (AvgIpc) is 2.47. The van der Waals surface area contributed by atoms with Crippen LogP contribution in [0.25, 0.3) is 0 Å². The minimum Gasteiger partial charge on any atom is -0.326 e. The predicted octanol–water partition coefficient (Wildman–Crippen LogP) is 2.36. The lowest BCUT2D eigenvalue weighted by Gasteiger charge is -2.35. The maximum Gasteiger partial charge on any atom is 0.231 e. The third kappa shape index (κ3) is 3.82. The van der Waals surface area contributed by atoms with Crippen molar-refractivity contribution >= 4 is 23.2 Å². The Kier molecular flexibility index (Phi) is 4.96. The Balaban J connectivity index is 2.09. The number of hydrogen-bond acceptors (Lipinski definition) is 3. The molecule has 1 saturated heterocycles. The summed E-state index contributed by atoms with van der Waals surface area (Å²) in [5.74, 6) is -0.0721. The van der Waals surface area contributed by atoms with Crippen LogP contribution in [0.15, 0.2) is 24.3 Å². The van der Waals surface area contributed by atoms with Crippen LogP contribution in [0.5, 0.6) is 0 Å². The van der Waals surface area contributed by atoms with Crippen molar-refractivity contribution in [3.05, 3.63) is 24.3 Å². The average molecular weight is 289 g/mol. The van der Waals surface area contributed by atoms with Crippen molar-refractivity contribution in [1.82, 2.24) is 5.32 Å². The molecule has 1 aromatic rings. The zero-order valence-corrected chi connectivity index (χ0v) is 12.7. The highest BCUT2D eigenvalue weighted by Gasteiger charge is 2.37. The minimum absolute atomic E-state index is 0.0529. The molecular weight excluding hydrogens is 266 g/mol. The molecule has 5 heteroatoms. The summed E-state index contributed by atoms with van der Waals surface area (Å²) < 4.78 is 0. The molecule has 1 aliphatic heterocycles. The quantitative estimate of drug-likeness (QED) is 0.797. The summed E-state index contributed by atoms with van der Waals surface area (Å²) in [5, 5.41) is 9.02. The predicted molar refractivity (Wildman–Crippen MR) is 84.2 cm³/mol. The van der Waals surface area contributed by atoms with E-state index in [-0.39, 0.29) is 17.2 Å². The maximum atomic E-state index is 12.6. The topological polar surface area (TPSA) is 70.2 Å². The fraction of sp³-hybridized carbons (Fsp3) is 0.500. The first-order chi connectivity index (χ1) is 10.1. The molecule has 21 heavy (non-hydrogen) atoms. The first kappa shape index (κ1) is 15.5. The van der Waals surface area contributed by atoms with Crippen LogP contribution in [0.2, 0.25) is 0 Å². The van der Waals surface area contributed by atoms with Crippen molar-refractivity contribution in [3.63, 3.8) is 0 Å². The zero-order chi connectivity index (χ0) is 15.3. The fourth-order valence-electron chi connectivity index (χ4n) is 2.77. The second kappa shape index (κ2) is 6.72. The van der Waals surface area contributed by atoms with Gasteiger partial charge in [0.25, 0.3) is 0 Å². The van der Waals surface area contributed by atoms with Gasteiger partial charge in [0.2, 0.25) is 11.8 Å². The fourth-order valence-corrected chi connectivity index (χ4v) is 2.77. The molecule has 0 saturated carbocycles. The van der Waals surface area contributed by atoms with Gasteiger partial charge in [0.15, 0.2) is 0 Å². The van der Waals surface area contributed by atoms with Crippen molar-refractivity contribution in [2.24, 2.45) is 5.41 Å². The Labute approximate surface area is 125 Å². The third-order valence-corrected chi connectivity index (χ3v) is 4.07. The molecule has 1 aliphatic rings. The van der Waals surface area contributed by atoms with Crippen LogP contribution in [-0.4, -0.2) is 24.9 Å². The normalized spacial score (nSPS) is 21.6. The molecule has 0 aliphatic carbocycles. The first-order valence-electron chi connectivity index (χ1n) is 7.45. The molecule has 0 radical (unpaired) electrons. The number of benzene rings is 1. The Morgan fingerprint density at radius 3 is 2.57 bits per heavy atom. The molecule has 1 heterocycles. The van der Waals surface area contributed by atoms with Crippen LogP contribution in [0, 0.1) is 5.41 Å². The summed E-state index contributed by atoms with van der Waals surface area (Å²) in [6, 6.07) is 7.23. The lowest BCUT2D eigenvalue weighted by Crippen LogP contribution is -2.47. The number of carbonyl (C=O) groups excluding carboxylic acids is 2. The highest BCUT2D eigenvalue weighted by molar-refractivity contribution is 5.96. The van der Waals surface area contributed by atoms with Crippen molar-refractivity contribution in [1.29, 1.82) is 0 Å². The minimum atomic E-state index is -0.331. The summed E-state index contributed by atoms with van der Waals surface area (Å²) in [6.07, 6.45) is 2.75. The smallest absolute Gasteiger partial charge is 0.231 e. The standard InChI is InChI=1S/C16H23N3O2/c1-3-16(8-5-9-17-11-16)15(21)19-14-7-4-6-13(10-14)18-12(2)20/h4,6-7,10,17H,3,5,8-9,11H2,1-2H3,(H,18,20)(H,19,21). The van der Waals surface area contributed by atoms with Gasteiger partial charge in [0, 0.05) is 24.8 Å². The number of amides is 2. The number of nitrogens with one attached hydrogen (secondary N) is 3. The van der Waals surface area contributed by atoms with Gasteiger partial charge in [0.1, 0.15) is 0 Å². The maximum absolute atomic E-state index is 12.6. The molecule has 1 atom stereocenters. The molecule has 2 amide bonds. The summed E-state index contributed by atoms with van der Waals surface area (Å²) in [4.78, 5) is 23.7. The van der Waals surface area contributed by atoms with Crippen molar-refractivity contribution in [3.8, 4) is 0 Å². The second-order valence-corrected chi connectivity index (χ2v) is 5.63. The summed E-state index contributed by atoms with van der Waals surface area (Å²) in [5.41, 5.74) is 1.07. The van der Waals surface area contributed by atoms with Gasteiger partial charge in [0.05, 0.1) is 5.41 Å². The van der Waals surface area contributed by atoms with E-state index < -0.39 is 0 Å². The lowest BCUT2D eigenvalue weighted by atomic mass is 9.77. The van der Waals surface area contributed by atoms with Crippen LogP contribution in [0.4, 0.5) is 11.4 Å². The number of piperidine rings is 1. The van der Waals surface area contributed by atoms with Gasteiger partial charge in [-0.25, -0.2) is 0 Å². The Hall–Kier alpha value is -1.88. The first-order valence-corrected chi connectivity index (χ1v) is 7.45. The summed E-state index contributed by atoms with van der Waals surface area (Å²) >= 11 is 0. The van der Waals surface area contributed by atoms with E-state index in [0.717, 1.165) is 32.4 Å². The Bertz CT molecular complexity index is 522. The van der Waals surface area contributed by atoms with Gasteiger partial charge in [-0.3, -0.25) is 9.59 Å². The van der Waals surface area contributed by atoms with E-state index in [1.165, 1.54) is 6.92 Å². The van der Waals surface area contributed by atoms with Gasteiger partial charge >= 0.3 is 0 Å². The van der Waals surface area contributed by atoms with E-state index in [1.54, 1.807) is 12.1 Å². The summed E-state index contributed by atoms with van der Waals surface area (Å²) in [7, 11) is 0. The highest BCUT2D eigenvalue weighted by atomic mass is 16.2. The SMILES string of the molecule is CCC1(C(=O)Nc2cccc(NC(C)=O)c2)CCCNC1. The van der Waals surface area contributed by atoms with Gasteiger partial charge in [-0.05, 0) is 44.0 Å². The largest absolute Gasteiger partial charge is 0.326 e. The van der Waals surface area contributed by atoms with E-state index in [1.807, 2.05) is 12.1 Å². The van der Waals surface area contributed by atoms with Crippen LogP contribution in [0.3, 0.4) is 0 Å². The number of hydrogen-bond donors (Lipinski definition) is 3. The number of carbonyl (C=O) groups is 2. The van der Waals surface area contributed by atoms with Crippen molar-refractivity contribution < 1.29 is 9.59 Å². The molecule has 5 nitrogen and oxygen atoms in total. The lowest BCUT2D eigenvalue weighted by molar-refractivity contribution is -0.126. The van der Waals surface area contributed by atoms with Crippen molar-refractivity contribution in [2.45, 2.75) is 33.1 Å². The van der Waals surface area contributed by atoms with E-state index >= 15 is 0 Å². The number of anilines is 2. The molecule has 1 aromatic carbocycles.